The zero-order valence-corrected chi connectivity index (χ0v) is 12.8. The summed E-state index contributed by atoms with van der Waals surface area (Å²) in [5.74, 6) is -1.38. The minimum atomic E-state index is -1.73. The first-order chi connectivity index (χ1) is 10.9. The highest BCUT2D eigenvalue weighted by molar-refractivity contribution is 6.06. The highest BCUT2D eigenvalue weighted by Gasteiger charge is 2.40. The molecule has 0 radical (unpaired) electrons. The second-order valence-electron chi connectivity index (χ2n) is 5.96. The summed E-state index contributed by atoms with van der Waals surface area (Å²) in [6.07, 6.45) is 0.0755. The molecule has 6 nitrogen and oxygen atoms in total. The minimum Gasteiger partial charge on any atom is -0.479 e. The molecule has 1 fully saturated rings. The number of likely N-dealkylation sites (tertiary alicyclic amines) is 1. The third-order valence-corrected chi connectivity index (χ3v) is 4.35. The molecule has 0 spiro atoms. The number of para-hydroxylation sites is 1. The summed E-state index contributed by atoms with van der Waals surface area (Å²) >= 11 is 0. The van der Waals surface area contributed by atoms with Crippen molar-refractivity contribution in [3.05, 3.63) is 41.6 Å². The van der Waals surface area contributed by atoms with E-state index in [-0.39, 0.29) is 31.8 Å². The van der Waals surface area contributed by atoms with Crippen LogP contribution in [-0.2, 0) is 4.79 Å². The van der Waals surface area contributed by atoms with E-state index in [0.717, 1.165) is 16.6 Å². The van der Waals surface area contributed by atoms with E-state index in [4.69, 9.17) is 5.11 Å². The molecule has 120 valence electrons. The van der Waals surface area contributed by atoms with Crippen molar-refractivity contribution in [2.24, 2.45) is 0 Å². The van der Waals surface area contributed by atoms with E-state index in [1.54, 1.807) is 11.0 Å². The fourth-order valence-electron chi connectivity index (χ4n) is 2.95. The average Bonchev–Trinajstić information content (AvgIpc) is 2.54. The van der Waals surface area contributed by atoms with Crippen LogP contribution in [-0.4, -0.2) is 50.7 Å². The lowest BCUT2D eigenvalue weighted by Gasteiger charge is -2.35. The third-order valence-electron chi connectivity index (χ3n) is 4.35. The van der Waals surface area contributed by atoms with Crippen molar-refractivity contribution in [1.82, 2.24) is 9.88 Å². The number of aromatic nitrogens is 1. The third kappa shape index (κ3) is 2.77. The molecule has 0 unspecified atom stereocenters. The van der Waals surface area contributed by atoms with Crippen LogP contribution in [0.5, 0.6) is 0 Å². The Morgan fingerprint density at radius 1 is 1.22 bits per heavy atom. The Balaban J connectivity index is 1.89. The van der Waals surface area contributed by atoms with Crippen molar-refractivity contribution in [3.63, 3.8) is 0 Å². The lowest BCUT2D eigenvalue weighted by Crippen LogP contribution is -2.50. The van der Waals surface area contributed by atoms with Gasteiger partial charge >= 0.3 is 5.97 Å². The number of aryl methyl sites for hydroxylation is 1. The first-order valence-corrected chi connectivity index (χ1v) is 7.52. The molecule has 6 heteroatoms. The van der Waals surface area contributed by atoms with Crippen LogP contribution in [0.1, 0.15) is 28.9 Å². The van der Waals surface area contributed by atoms with Gasteiger partial charge in [-0.05, 0) is 19.1 Å². The van der Waals surface area contributed by atoms with Crippen LogP contribution in [0.3, 0.4) is 0 Å². The van der Waals surface area contributed by atoms with Crippen LogP contribution in [0.15, 0.2) is 30.3 Å². The Morgan fingerprint density at radius 2 is 1.87 bits per heavy atom. The van der Waals surface area contributed by atoms with E-state index in [1.807, 2.05) is 31.2 Å². The number of carboxylic acid groups (broad SMARTS) is 1. The Hall–Kier alpha value is -2.47. The second-order valence-corrected chi connectivity index (χ2v) is 5.96. The number of pyridine rings is 1. The van der Waals surface area contributed by atoms with Crippen LogP contribution >= 0.6 is 0 Å². The van der Waals surface area contributed by atoms with Gasteiger partial charge in [0.05, 0.1) is 11.1 Å². The summed E-state index contributed by atoms with van der Waals surface area (Å²) < 4.78 is 0. The monoisotopic (exact) mass is 314 g/mol. The maximum absolute atomic E-state index is 12.8. The summed E-state index contributed by atoms with van der Waals surface area (Å²) in [6, 6.07) is 9.19. The minimum absolute atomic E-state index is 0.0378. The predicted molar refractivity (Wildman–Crippen MR) is 84.2 cm³/mol. The molecule has 2 aromatic rings. The summed E-state index contributed by atoms with van der Waals surface area (Å²) in [5.41, 5.74) is 0.349. The van der Waals surface area contributed by atoms with Gasteiger partial charge in [0.15, 0.2) is 5.60 Å². The maximum Gasteiger partial charge on any atom is 0.335 e. The van der Waals surface area contributed by atoms with Gasteiger partial charge in [-0.2, -0.15) is 0 Å². The molecular weight excluding hydrogens is 296 g/mol. The topological polar surface area (TPSA) is 90.7 Å². The Morgan fingerprint density at radius 3 is 2.52 bits per heavy atom. The highest BCUT2D eigenvalue weighted by Crippen LogP contribution is 2.26. The van der Waals surface area contributed by atoms with Crippen molar-refractivity contribution in [3.8, 4) is 0 Å². The molecule has 23 heavy (non-hydrogen) atoms. The van der Waals surface area contributed by atoms with Crippen LogP contribution in [0.2, 0.25) is 0 Å². The van der Waals surface area contributed by atoms with Crippen LogP contribution in [0, 0.1) is 6.92 Å². The number of nitrogens with zero attached hydrogens (tertiary/aromatic N) is 2. The molecule has 3 rings (SSSR count). The summed E-state index contributed by atoms with van der Waals surface area (Å²) in [6.45, 7) is 2.28. The molecule has 0 saturated carbocycles. The molecule has 1 aliphatic heterocycles. The van der Waals surface area contributed by atoms with Crippen molar-refractivity contribution in [2.45, 2.75) is 25.4 Å². The second kappa shape index (κ2) is 5.62. The van der Waals surface area contributed by atoms with Crippen molar-refractivity contribution in [1.29, 1.82) is 0 Å². The summed E-state index contributed by atoms with van der Waals surface area (Å²) in [4.78, 5) is 29.9. The number of rotatable bonds is 2. The molecule has 1 aromatic carbocycles. The van der Waals surface area contributed by atoms with Gasteiger partial charge in [0.2, 0.25) is 0 Å². The van der Waals surface area contributed by atoms with Gasteiger partial charge in [-0.15, -0.1) is 0 Å². The van der Waals surface area contributed by atoms with Gasteiger partial charge in [0, 0.05) is 37.0 Å². The number of piperidine rings is 1. The SMILES string of the molecule is Cc1cc(C(=O)N2CCC(O)(C(=O)O)CC2)c2ccccc2n1. The van der Waals surface area contributed by atoms with E-state index < -0.39 is 11.6 Å². The number of aliphatic hydroxyl groups is 1. The molecule has 1 amide bonds. The van der Waals surface area contributed by atoms with E-state index in [2.05, 4.69) is 4.98 Å². The van der Waals surface area contributed by atoms with Gasteiger partial charge in [-0.1, -0.05) is 18.2 Å². The molecule has 0 atom stereocenters. The normalized spacial score (nSPS) is 17.2. The van der Waals surface area contributed by atoms with Crippen LogP contribution < -0.4 is 0 Å². The molecule has 2 heterocycles. The number of hydrogen-bond acceptors (Lipinski definition) is 4. The number of carbonyl (C=O) groups is 2. The number of benzene rings is 1. The van der Waals surface area contributed by atoms with Crippen LogP contribution in [0.25, 0.3) is 10.9 Å². The number of carboxylic acids is 1. The van der Waals surface area contributed by atoms with Gasteiger partial charge in [0.25, 0.3) is 5.91 Å². The number of hydrogen-bond donors (Lipinski definition) is 2. The zero-order valence-electron chi connectivity index (χ0n) is 12.8. The van der Waals surface area contributed by atoms with Crippen molar-refractivity contribution in [2.75, 3.05) is 13.1 Å². The first kappa shape index (κ1) is 15.4. The van der Waals surface area contributed by atoms with Crippen molar-refractivity contribution < 1.29 is 19.8 Å². The highest BCUT2D eigenvalue weighted by atomic mass is 16.4. The largest absolute Gasteiger partial charge is 0.479 e. The van der Waals surface area contributed by atoms with E-state index in [1.165, 1.54) is 0 Å². The lowest BCUT2D eigenvalue weighted by molar-refractivity contribution is -0.162. The van der Waals surface area contributed by atoms with E-state index >= 15 is 0 Å². The molecule has 1 aromatic heterocycles. The Labute approximate surface area is 133 Å². The Kier molecular flexibility index (Phi) is 3.77. The van der Waals surface area contributed by atoms with Crippen molar-refractivity contribution >= 4 is 22.8 Å². The smallest absolute Gasteiger partial charge is 0.335 e. The molecule has 1 saturated heterocycles. The quantitative estimate of drug-likeness (QED) is 0.878. The molecule has 2 N–H and O–H groups in total. The molecular formula is C17H18N2O4. The first-order valence-electron chi connectivity index (χ1n) is 7.52. The zero-order chi connectivity index (χ0) is 16.6. The fourth-order valence-corrected chi connectivity index (χ4v) is 2.95. The lowest BCUT2D eigenvalue weighted by atomic mass is 9.91. The van der Waals surface area contributed by atoms with E-state index in [9.17, 15) is 14.7 Å². The maximum atomic E-state index is 12.8. The Bertz CT molecular complexity index is 779. The number of fused-ring (bicyclic) bond motifs is 1. The van der Waals surface area contributed by atoms with Gasteiger partial charge in [-0.25, -0.2) is 4.79 Å². The number of amides is 1. The fraction of sp³-hybridized carbons (Fsp3) is 0.353. The number of aliphatic carboxylic acids is 1. The number of carbonyl (C=O) groups excluding carboxylic acids is 1. The average molecular weight is 314 g/mol. The standard InChI is InChI=1S/C17H18N2O4/c1-11-10-13(12-4-2-3-5-14(12)18-11)15(20)19-8-6-17(23,7-9-19)16(21)22/h2-5,10,23H,6-9H2,1H3,(H,21,22). The van der Waals surface area contributed by atoms with Gasteiger partial charge in [0.1, 0.15) is 0 Å². The summed E-state index contributed by atoms with van der Waals surface area (Å²) in [7, 11) is 0. The van der Waals surface area contributed by atoms with E-state index in [0.29, 0.717) is 5.56 Å². The van der Waals surface area contributed by atoms with Gasteiger partial charge in [-0.3, -0.25) is 9.78 Å². The predicted octanol–water partition coefficient (Wildman–Crippen LogP) is 1.59. The molecule has 1 aliphatic rings. The molecule has 0 bridgehead atoms. The van der Waals surface area contributed by atoms with Gasteiger partial charge < -0.3 is 15.1 Å². The molecule has 0 aliphatic carbocycles. The van der Waals surface area contributed by atoms with Crippen LogP contribution in [0.4, 0.5) is 0 Å². The summed E-state index contributed by atoms with van der Waals surface area (Å²) in [5, 5.41) is 19.8.